The number of hydrogen-bond acceptors (Lipinski definition) is 3. The summed E-state index contributed by atoms with van der Waals surface area (Å²) in [5, 5.41) is 0. The first-order valence-electron chi connectivity index (χ1n) is 2.22. The lowest BCUT2D eigenvalue weighted by molar-refractivity contribution is 0.652. The number of hydrogen-bond donors (Lipinski definition) is 0. The van der Waals surface area contributed by atoms with Crippen LogP contribution in [0.4, 0.5) is 0 Å². The minimum atomic E-state index is 0.899. The molecule has 0 saturated carbocycles. The number of aliphatic imine (C=N–C) groups is 1. The van der Waals surface area contributed by atoms with E-state index >= 15 is 0 Å². The van der Waals surface area contributed by atoms with Gasteiger partial charge in [0.25, 0.3) is 0 Å². The molecule has 2 nitrogen and oxygen atoms in total. The van der Waals surface area contributed by atoms with Crippen molar-refractivity contribution in [2.45, 2.75) is 0 Å². The molecular formula is C4H8N2S. The fourth-order valence-electron chi connectivity index (χ4n) is 0.410. The normalized spacial score (nSPS) is 23.0. The van der Waals surface area contributed by atoms with Crippen LogP contribution in [0.3, 0.4) is 0 Å². The lowest BCUT2D eigenvalue weighted by Gasteiger charge is -2.13. The average Bonchev–Trinajstić information content (AvgIpc) is 1.69. The molecule has 0 spiro atoms. The molecule has 1 heterocycles. The smallest absolute Gasteiger partial charge is 0.0986 e. The summed E-state index contributed by atoms with van der Waals surface area (Å²) in [6.07, 6.45) is 1.94. The van der Waals surface area contributed by atoms with E-state index in [9.17, 15) is 0 Å². The van der Waals surface area contributed by atoms with Gasteiger partial charge in [0, 0.05) is 12.8 Å². The molecule has 40 valence electrons. The van der Waals surface area contributed by atoms with Gasteiger partial charge in [-0.25, -0.2) is 4.31 Å². The van der Waals surface area contributed by atoms with Gasteiger partial charge in [-0.15, -0.1) is 0 Å². The Morgan fingerprint density at radius 1 is 1.86 bits per heavy atom. The third kappa shape index (κ3) is 1.49. The zero-order valence-electron chi connectivity index (χ0n) is 4.29. The SMILES string of the molecule is CN1CC=NCS1. The highest BCUT2D eigenvalue weighted by molar-refractivity contribution is 7.97. The first kappa shape index (κ1) is 5.12. The molecule has 3 heteroatoms. The maximum atomic E-state index is 4.02. The highest BCUT2D eigenvalue weighted by atomic mass is 32.2. The molecule has 0 unspecified atom stereocenters. The minimum Gasteiger partial charge on any atom is -0.284 e. The van der Waals surface area contributed by atoms with E-state index in [1.54, 1.807) is 11.9 Å². The number of rotatable bonds is 0. The van der Waals surface area contributed by atoms with Crippen LogP contribution in [0.5, 0.6) is 0 Å². The molecule has 1 rings (SSSR count). The predicted octanol–water partition coefficient (Wildman–Crippen LogP) is 0.608. The summed E-state index contributed by atoms with van der Waals surface area (Å²) in [6, 6.07) is 0. The standard InChI is InChI=1S/C4H8N2S/c1-6-3-2-5-4-7-6/h2H,3-4H2,1H3. The summed E-state index contributed by atoms with van der Waals surface area (Å²) in [5.41, 5.74) is 0. The monoisotopic (exact) mass is 116 g/mol. The van der Waals surface area contributed by atoms with E-state index in [0.717, 1.165) is 12.4 Å². The van der Waals surface area contributed by atoms with Crippen LogP contribution >= 0.6 is 11.9 Å². The Morgan fingerprint density at radius 3 is 3.00 bits per heavy atom. The van der Waals surface area contributed by atoms with Gasteiger partial charge < -0.3 is 0 Å². The molecule has 0 aromatic rings. The van der Waals surface area contributed by atoms with Crippen LogP contribution in [-0.4, -0.2) is 30.0 Å². The fourth-order valence-corrected chi connectivity index (χ4v) is 0.951. The van der Waals surface area contributed by atoms with Gasteiger partial charge in [0.1, 0.15) is 0 Å². The van der Waals surface area contributed by atoms with Crippen LogP contribution in [0, 0.1) is 0 Å². The average molecular weight is 116 g/mol. The van der Waals surface area contributed by atoms with Gasteiger partial charge in [-0.1, -0.05) is 11.9 Å². The zero-order valence-corrected chi connectivity index (χ0v) is 5.11. The molecule has 0 fully saturated rings. The van der Waals surface area contributed by atoms with E-state index in [-0.39, 0.29) is 0 Å². The zero-order chi connectivity index (χ0) is 5.11. The van der Waals surface area contributed by atoms with Crippen LogP contribution in [0.25, 0.3) is 0 Å². The van der Waals surface area contributed by atoms with Crippen LogP contribution in [0.1, 0.15) is 0 Å². The topological polar surface area (TPSA) is 15.6 Å². The van der Waals surface area contributed by atoms with E-state index in [1.165, 1.54) is 0 Å². The Kier molecular flexibility index (Phi) is 1.70. The molecule has 0 saturated heterocycles. The molecule has 0 aromatic carbocycles. The van der Waals surface area contributed by atoms with Crippen molar-refractivity contribution < 1.29 is 0 Å². The van der Waals surface area contributed by atoms with E-state index in [4.69, 9.17) is 0 Å². The second kappa shape index (κ2) is 2.33. The van der Waals surface area contributed by atoms with Crippen molar-refractivity contribution in [1.29, 1.82) is 0 Å². The summed E-state index contributed by atoms with van der Waals surface area (Å²) >= 11 is 1.75. The number of nitrogens with zero attached hydrogens (tertiary/aromatic N) is 2. The third-order valence-electron chi connectivity index (χ3n) is 0.821. The van der Waals surface area contributed by atoms with Gasteiger partial charge in [-0.3, -0.25) is 4.99 Å². The Hall–Kier alpha value is -0.0200. The lowest BCUT2D eigenvalue weighted by atomic mass is 10.7. The molecule has 1 aliphatic rings. The Balaban J connectivity index is 2.32. The fraction of sp³-hybridized carbons (Fsp3) is 0.750. The maximum absolute atomic E-state index is 4.02. The molecule has 0 amide bonds. The second-order valence-corrected chi connectivity index (χ2v) is 2.57. The van der Waals surface area contributed by atoms with Crippen LogP contribution in [0.15, 0.2) is 4.99 Å². The summed E-state index contributed by atoms with van der Waals surface area (Å²) in [4.78, 5) is 4.02. The first-order chi connectivity index (χ1) is 3.39. The Morgan fingerprint density at radius 2 is 2.71 bits per heavy atom. The summed E-state index contributed by atoms with van der Waals surface area (Å²) < 4.78 is 2.16. The van der Waals surface area contributed by atoms with Gasteiger partial charge >= 0.3 is 0 Å². The van der Waals surface area contributed by atoms with Gasteiger partial charge in [0.15, 0.2) is 0 Å². The van der Waals surface area contributed by atoms with Crippen molar-refractivity contribution in [3.05, 3.63) is 0 Å². The van der Waals surface area contributed by atoms with Crippen LogP contribution < -0.4 is 0 Å². The summed E-state index contributed by atoms with van der Waals surface area (Å²) in [7, 11) is 2.07. The molecule has 0 aliphatic carbocycles. The van der Waals surface area contributed by atoms with E-state index in [0.29, 0.717) is 0 Å². The molecule has 7 heavy (non-hydrogen) atoms. The van der Waals surface area contributed by atoms with Crippen molar-refractivity contribution in [3.63, 3.8) is 0 Å². The molecule has 1 aliphatic heterocycles. The quantitative estimate of drug-likeness (QED) is 0.431. The van der Waals surface area contributed by atoms with E-state index in [2.05, 4.69) is 16.3 Å². The van der Waals surface area contributed by atoms with Crippen molar-refractivity contribution in [2.75, 3.05) is 19.5 Å². The van der Waals surface area contributed by atoms with Gasteiger partial charge in [0.05, 0.1) is 5.88 Å². The minimum absolute atomic E-state index is 0.899. The Bertz CT molecular complexity index is 81.8. The Labute approximate surface area is 47.7 Å². The van der Waals surface area contributed by atoms with E-state index in [1.807, 2.05) is 6.21 Å². The van der Waals surface area contributed by atoms with Crippen LogP contribution in [-0.2, 0) is 0 Å². The molecular weight excluding hydrogens is 108 g/mol. The van der Waals surface area contributed by atoms with Crippen LogP contribution in [0.2, 0.25) is 0 Å². The molecule has 0 N–H and O–H groups in total. The van der Waals surface area contributed by atoms with Gasteiger partial charge in [-0.2, -0.15) is 0 Å². The molecule has 0 radical (unpaired) electrons. The molecule has 0 aromatic heterocycles. The predicted molar refractivity (Wildman–Crippen MR) is 33.6 cm³/mol. The first-order valence-corrected chi connectivity index (χ1v) is 3.16. The van der Waals surface area contributed by atoms with Crippen molar-refractivity contribution in [1.82, 2.24) is 4.31 Å². The van der Waals surface area contributed by atoms with Crippen molar-refractivity contribution in [2.24, 2.45) is 4.99 Å². The molecule has 0 bridgehead atoms. The highest BCUT2D eigenvalue weighted by Gasteiger charge is 1.97. The van der Waals surface area contributed by atoms with Crippen molar-refractivity contribution >= 4 is 18.2 Å². The third-order valence-corrected chi connectivity index (χ3v) is 1.67. The second-order valence-electron chi connectivity index (χ2n) is 1.43. The highest BCUT2D eigenvalue weighted by Crippen LogP contribution is 2.07. The van der Waals surface area contributed by atoms with Gasteiger partial charge in [0.2, 0.25) is 0 Å². The summed E-state index contributed by atoms with van der Waals surface area (Å²) in [5.74, 6) is 0.899. The van der Waals surface area contributed by atoms with Gasteiger partial charge in [-0.05, 0) is 7.05 Å². The molecule has 0 atom stereocenters. The van der Waals surface area contributed by atoms with Crippen molar-refractivity contribution in [3.8, 4) is 0 Å². The maximum Gasteiger partial charge on any atom is 0.0986 e. The lowest BCUT2D eigenvalue weighted by Crippen LogP contribution is -2.15. The summed E-state index contributed by atoms with van der Waals surface area (Å²) in [6.45, 7) is 0.991. The van der Waals surface area contributed by atoms with E-state index < -0.39 is 0 Å². The largest absolute Gasteiger partial charge is 0.284 e.